The molecular formula is C21H20N6S2. The monoisotopic (exact) mass is 420 g/mol. The van der Waals surface area contributed by atoms with E-state index in [1.54, 1.807) is 23.7 Å². The Kier molecular flexibility index (Phi) is 4.09. The number of thioether (sulfide) groups is 1. The van der Waals surface area contributed by atoms with Gasteiger partial charge in [-0.05, 0) is 37.8 Å². The average Bonchev–Trinajstić information content (AvgIpc) is 3.36. The molecule has 0 saturated heterocycles. The first-order chi connectivity index (χ1) is 14.3. The maximum Gasteiger partial charge on any atom is 0.127 e. The van der Waals surface area contributed by atoms with E-state index in [4.69, 9.17) is 15.8 Å². The molecule has 0 amide bonds. The van der Waals surface area contributed by atoms with Gasteiger partial charge >= 0.3 is 0 Å². The summed E-state index contributed by atoms with van der Waals surface area (Å²) in [6, 6.07) is 4.73. The number of fused-ring (bicyclic) bond motifs is 1. The Hall–Kier alpha value is -2.45. The number of hydrogen-bond acceptors (Lipinski definition) is 7. The summed E-state index contributed by atoms with van der Waals surface area (Å²) in [5.74, 6) is 0. The molecule has 2 aliphatic carbocycles. The molecule has 0 spiro atoms. The van der Waals surface area contributed by atoms with Gasteiger partial charge in [-0.3, -0.25) is 4.68 Å². The first kappa shape index (κ1) is 17.4. The molecule has 0 unspecified atom stereocenters. The van der Waals surface area contributed by atoms with E-state index in [1.807, 2.05) is 11.8 Å². The van der Waals surface area contributed by atoms with E-state index < -0.39 is 0 Å². The van der Waals surface area contributed by atoms with Gasteiger partial charge in [0, 0.05) is 40.4 Å². The Morgan fingerprint density at radius 1 is 1.10 bits per heavy atom. The highest BCUT2D eigenvalue weighted by molar-refractivity contribution is 8.02. The molecule has 2 aliphatic rings. The van der Waals surface area contributed by atoms with E-state index in [-0.39, 0.29) is 0 Å². The normalized spacial score (nSPS) is 17.0. The number of rotatable bonds is 5. The van der Waals surface area contributed by atoms with Crippen LogP contribution in [0.15, 0.2) is 41.3 Å². The Bertz CT molecular complexity index is 1190. The molecule has 0 bridgehead atoms. The van der Waals surface area contributed by atoms with Crippen LogP contribution in [0, 0.1) is 0 Å². The Morgan fingerprint density at radius 2 is 1.93 bits per heavy atom. The average molecular weight is 421 g/mol. The molecule has 0 atom stereocenters. The SMILES string of the molecule is Nc1c(SC2CCC2)sc2nc(-c3cncnc3)cc(-c3ccn(C4CC4)n3)c12. The van der Waals surface area contributed by atoms with Crippen molar-refractivity contribution in [3.63, 3.8) is 0 Å². The second-order valence-corrected chi connectivity index (χ2v) is 10.3. The number of thiophene rings is 1. The van der Waals surface area contributed by atoms with Gasteiger partial charge in [-0.2, -0.15) is 5.10 Å². The molecule has 146 valence electrons. The molecule has 6 rings (SSSR count). The van der Waals surface area contributed by atoms with Crippen molar-refractivity contribution in [3.8, 4) is 22.5 Å². The largest absolute Gasteiger partial charge is 0.397 e. The van der Waals surface area contributed by atoms with Gasteiger partial charge in [0.25, 0.3) is 0 Å². The smallest absolute Gasteiger partial charge is 0.127 e. The maximum atomic E-state index is 6.66. The van der Waals surface area contributed by atoms with Gasteiger partial charge in [0.05, 0.1) is 27.3 Å². The zero-order chi connectivity index (χ0) is 19.4. The fourth-order valence-corrected chi connectivity index (χ4v) is 6.43. The Balaban J connectivity index is 1.53. The summed E-state index contributed by atoms with van der Waals surface area (Å²) in [5, 5.41) is 6.58. The van der Waals surface area contributed by atoms with Crippen LogP contribution in [-0.2, 0) is 0 Å². The van der Waals surface area contributed by atoms with Crippen LogP contribution in [0.2, 0.25) is 0 Å². The van der Waals surface area contributed by atoms with Crippen molar-refractivity contribution in [1.82, 2.24) is 24.7 Å². The van der Waals surface area contributed by atoms with Gasteiger partial charge in [0.1, 0.15) is 11.2 Å². The van der Waals surface area contributed by atoms with Crippen LogP contribution < -0.4 is 5.73 Å². The van der Waals surface area contributed by atoms with Crippen molar-refractivity contribution in [1.29, 1.82) is 0 Å². The highest BCUT2D eigenvalue weighted by Crippen LogP contribution is 2.48. The summed E-state index contributed by atoms with van der Waals surface area (Å²) < 4.78 is 3.26. The molecule has 6 nitrogen and oxygen atoms in total. The zero-order valence-corrected chi connectivity index (χ0v) is 17.4. The topological polar surface area (TPSA) is 82.5 Å². The second kappa shape index (κ2) is 6.81. The standard InChI is InChI=1S/C21H20N6S2/c22-19-18-15(16-6-7-27(26-16)13-4-5-13)8-17(12-9-23-11-24-10-12)25-20(18)29-21(19)28-14-2-1-3-14/h6-11,13-14H,1-5,22H2. The van der Waals surface area contributed by atoms with Crippen LogP contribution in [0.1, 0.15) is 38.1 Å². The number of aromatic nitrogens is 5. The number of nitrogens with zero attached hydrogens (tertiary/aromatic N) is 5. The van der Waals surface area contributed by atoms with Gasteiger partial charge in [-0.25, -0.2) is 15.0 Å². The molecular weight excluding hydrogens is 400 g/mol. The number of anilines is 1. The summed E-state index contributed by atoms with van der Waals surface area (Å²) in [4.78, 5) is 14.2. The fourth-order valence-electron chi connectivity index (χ4n) is 3.63. The van der Waals surface area contributed by atoms with Crippen LogP contribution in [0.4, 0.5) is 5.69 Å². The molecule has 4 aromatic heterocycles. The number of nitrogens with two attached hydrogens (primary N) is 1. The Labute approximate surface area is 176 Å². The molecule has 0 radical (unpaired) electrons. The van der Waals surface area contributed by atoms with Crippen LogP contribution >= 0.6 is 23.1 Å². The third-order valence-electron chi connectivity index (χ3n) is 5.65. The van der Waals surface area contributed by atoms with E-state index in [9.17, 15) is 0 Å². The van der Waals surface area contributed by atoms with E-state index in [0.29, 0.717) is 11.3 Å². The van der Waals surface area contributed by atoms with Crippen LogP contribution in [0.3, 0.4) is 0 Å². The Morgan fingerprint density at radius 3 is 2.66 bits per heavy atom. The van der Waals surface area contributed by atoms with Crippen molar-refractivity contribution in [2.75, 3.05) is 5.73 Å². The highest BCUT2D eigenvalue weighted by Gasteiger charge is 2.26. The van der Waals surface area contributed by atoms with Crippen molar-refractivity contribution in [2.24, 2.45) is 0 Å². The molecule has 8 heteroatoms. The molecule has 2 N–H and O–H groups in total. The van der Waals surface area contributed by atoms with Gasteiger partial charge in [-0.15, -0.1) is 23.1 Å². The zero-order valence-electron chi connectivity index (χ0n) is 15.8. The summed E-state index contributed by atoms with van der Waals surface area (Å²) in [7, 11) is 0. The summed E-state index contributed by atoms with van der Waals surface area (Å²) >= 11 is 3.61. The number of hydrogen-bond donors (Lipinski definition) is 1. The minimum atomic E-state index is 0.549. The van der Waals surface area contributed by atoms with Crippen molar-refractivity contribution in [3.05, 3.63) is 37.1 Å². The highest BCUT2D eigenvalue weighted by atomic mass is 32.2. The lowest BCUT2D eigenvalue weighted by molar-refractivity contribution is 0.522. The first-order valence-electron chi connectivity index (χ1n) is 9.97. The maximum absolute atomic E-state index is 6.66. The quantitative estimate of drug-likeness (QED) is 0.479. The molecule has 0 aliphatic heterocycles. The third kappa shape index (κ3) is 3.11. The van der Waals surface area contributed by atoms with Crippen LogP contribution in [-0.4, -0.2) is 30.0 Å². The lowest BCUT2D eigenvalue weighted by atomic mass is 10.0. The number of pyridine rings is 1. The van der Waals surface area contributed by atoms with E-state index in [2.05, 4.69) is 33.0 Å². The first-order valence-corrected chi connectivity index (χ1v) is 11.7. The van der Waals surface area contributed by atoms with Gasteiger partial charge in [0.2, 0.25) is 0 Å². The summed E-state index contributed by atoms with van der Waals surface area (Å²) in [6.07, 6.45) is 13.5. The molecule has 4 heterocycles. The van der Waals surface area contributed by atoms with Gasteiger partial charge in [0.15, 0.2) is 0 Å². The second-order valence-electron chi connectivity index (χ2n) is 7.75. The van der Waals surface area contributed by atoms with Crippen molar-refractivity contribution in [2.45, 2.75) is 47.6 Å². The lowest BCUT2D eigenvalue weighted by Crippen LogP contribution is -2.12. The molecule has 2 saturated carbocycles. The van der Waals surface area contributed by atoms with E-state index in [0.717, 1.165) is 38.4 Å². The van der Waals surface area contributed by atoms with Gasteiger partial charge < -0.3 is 5.73 Å². The molecule has 0 aromatic carbocycles. The van der Waals surface area contributed by atoms with E-state index >= 15 is 0 Å². The van der Waals surface area contributed by atoms with Crippen LogP contribution in [0.5, 0.6) is 0 Å². The van der Waals surface area contributed by atoms with Crippen molar-refractivity contribution >= 4 is 39.0 Å². The molecule has 4 aromatic rings. The van der Waals surface area contributed by atoms with E-state index in [1.165, 1.54) is 42.6 Å². The minimum absolute atomic E-state index is 0.549. The predicted octanol–water partition coefficient (Wildman–Crippen LogP) is 5.18. The molecule has 29 heavy (non-hydrogen) atoms. The minimum Gasteiger partial charge on any atom is -0.397 e. The lowest BCUT2D eigenvalue weighted by Gasteiger charge is -2.23. The third-order valence-corrected chi connectivity index (χ3v) is 8.32. The van der Waals surface area contributed by atoms with Crippen LogP contribution in [0.25, 0.3) is 32.7 Å². The molecule has 2 fully saturated rings. The van der Waals surface area contributed by atoms with Gasteiger partial charge in [-0.1, -0.05) is 6.42 Å². The summed E-state index contributed by atoms with van der Waals surface area (Å²) in [5.41, 5.74) is 11.3. The van der Waals surface area contributed by atoms with Crippen molar-refractivity contribution < 1.29 is 0 Å². The number of nitrogen functional groups attached to an aromatic ring is 1. The predicted molar refractivity (Wildman–Crippen MR) is 118 cm³/mol. The summed E-state index contributed by atoms with van der Waals surface area (Å²) in [6.45, 7) is 0. The fraction of sp³-hybridized carbons (Fsp3) is 0.333.